The lowest BCUT2D eigenvalue weighted by molar-refractivity contribution is 0.0685. The maximum atomic E-state index is 11.0. The minimum atomic E-state index is -1.23. The van der Waals surface area contributed by atoms with Gasteiger partial charge in [0.1, 0.15) is 6.67 Å². The predicted octanol–water partition coefficient (Wildman–Crippen LogP) is 1.76. The number of hydrogen-bond acceptors (Lipinski definition) is 8. The first-order valence-electron chi connectivity index (χ1n) is 8.24. The molecule has 0 unspecified atom stereocenters. The number of carboxylic acids is 1. The lowest BCUT2D eigenvalue weighted by atomic mass is 10.0. The molecule has 0 atom stereocenters. The Labute approximate surface area is 152 Å². The van der Waals surface area contributed by atoms with Crippen molar-refractivity contribution in [3.05, 3.63) is 59.5 Å². The lowest BCUT2D eigenvalue weighted by Crippen LogP contribution is -2.15. The predicted molar refractivity (Wildman–Crippen MR) is 94.1 cm³/mol. The Kier molecular flexibility index (Phi) is 4.44. The molecule has 0 amide bonds. The second-order valence-corrected chi connectivity index (χ2v) is 5.83. The largest absolute Gasteiger partial charge is 0.476 e. The van der Waals surface area contributed by atoms with Gasteiger partial charge in [0.05, 0.1) is 0 Å². The van der Waals surface area contributed by atoms with Crippen molar-refractivity contribution in [2.24, 2.45) is 0 Å². The molecule has 10 heteroatoms. The first-order valence-corrected chi connectivity index (χ1v) is 8.24. The number of carboxylic acid groups (broad SMARTS) is 1. The summed E-state index contributed by atoms with van der Waals surface area (Å²) in [6.45, 7) is 0.145. The van der Waals surface area contributed by atoms with Gasteiger partial charge in [0.25, 0.3) is 0 Å². The summed E-state index contributed by atoms with van der Waals surface area (Å²) in [6.07, 6.45) is 1.40. The molecule has 4 aromatic rings. The Morgan fingerprint density at radius 1 is 1.11 bits per heavy atom. The van der Waals surface area contributed by atoms with Crippen molar-refractivity contribution in [3.8, 4) is 0 Å². The van der Waals surface area contributed by atoms with Gasteiger partial charge in [0.2, 0.25) is 11.5 Å². The maximum absolute atomic E-state index is 11.0. The fourth-order valence-corrected chi connectivity index (χ4v) is 2.88. The highest BCUT2D eigenvalue weighted by Crippen LogP contribution is 2.19. The van der Waals surface area contributed by atoms with Crippen molar-refractivity contribution in [2.75, 3.05) is 5.32 Å². The fraction of sp³-hybridized carbons (Fsp3) is 0.176. The van der Waals surface area contributed by atoms with Gasteiger partial charge in [-0.3, -0.25) is 0 Å². The molecule has 0 aliphatic heterocycles. The Balaban J connectivity index is 1.46. The van der Waals surface area contributed by atoms with Crippen LogP contribution in [0.1, 0.15) is 21.9 Å². The van der Waals surface area contributed by atoms with Crippen LogP contribution in [0.4, 0.5) is 5.82 Å². The van der Waals surface area contributed by atoms with E-state index in [2.05, 4.69) is 60.1 Å². The molecular formula is C17H15N7O3. The first kappa shape index (κ1) is 16.6. The van der Waals surface area contributed by atoms with Crippen LogP contribution < -0.4 is 5.32 Å². The topological polar surface area (TPSA) is 132 Å². The van der Waals surface area contributed by atoms with Crippen molar-refractivity contribution in [1.29, 1.82) is 0 Å². The molecule has 0 aliphatic rings. The number of nitrogens with one attached hydrogen (secondary N) is 1. The van der Waals surface area contributed by atoms with Gasteiger partial charge in [0.15, 0.2) is 5.82 Å². The highest BCUT2D eigenvalue weighted by atomic mass is 16.6. The molecule has 0 spiro atoms. The van der Waals surface area contributed by atoms with Crippen LogP contribution >= 0.6 is 0 Å². The fourth-order valence-electron chi connectivity index (χ4n) is 2.88. The molecule has 0 saturated heterocycles. The highest BCUT2D eigenvalue weighted by molar-refractivity contribution is 5.90. The third-order valence-corrected chi connectivity index (χ3v) is 4.19. The van der Waals surface area contributed by atoms with E-state index in [1.165, 1.54) is 16.3 Å². The zero-order valence-corrected chi connectivity index (χ0v) is 14.1. The van der Waals surface area contributed by atoms with E-state index < -0.39 is 5.97 Å². The monoisotopic (exact) mass is 365 g/mol. The molecule has 27 heavy (non-hydrogen) atoms. The first-order chi connectivity index (χ1) is 13.2. The Morgan fingerprint density at radius 3 is 2.85 bits per heavy atom. The van der Waals surface area contributed by atoms with Crippen LogP contribution in [-0.2, 0) is 19.5 Å². The number of aromatic nitrogens is 6. The zero-order chi connectivity index (χ0) is 18.6. The van der Waals surface area contributed by atoms with E-state index in [1.807, 2.05) is 18.2 Å². The van der Waals surface area contributed by atoms with Gasteiger partial charge in [-0.1, -0.05) is 42.5 Å². The quantitative estimate of drug-likeness (QED) is 0.502. The number of tetrazole rings is 1. The van der Waals surface area contributed by atoms with Gasteiger partial charge in [-0.25, -0.2) is 14.1 Å². The highest BCUT2D eigenvalue weighted by Gasteiger charge is 2.17. The minimum Gasteiger partial charge on any atom is -0.476 e. The lowest BCUT2D eigenvalue weighted by Gasteiger charge is -2.08. The number of fused-ring (bicyclic) bond motifs is 1. The summed E-state index contributed by atoms with van der Waals surface area (Å²) in [5, 5.41) is 32.8. The van der Waals surface area contributed by atoms with Gasteiger partial charge < -0.3 is 10.4 Å². The molecule has 2 N–H and O–H groups in total. The standard InChI is InChI=1S/C17H15N7O3/c25-17(26)15-16(21-27-20-15)18-10-24-14(19-22-23-24)9-8-12-6-3-5-11-4-1-2-7-13(11)12/h1-7H,8-10H2,(H,18,21)(H,25,26). The average molecular weight is 365 g/mol. The summed E-state index contributed by atoms with van der Waals surface area (Å²) in [7, 11) is 0. The molecule has 10 nitrogen and oxygen atoms in total. The van der Waals surface area contributed by atoms with E-state index in [0.717, 1.165) is 6.42 Å². The van der Waals surface area contributed by atoms with Gasteiger partial charge in [-0.15, -0.1) is 5.10 Å². The Bertz CT molecular complexity index is 1080. The van der Waals surface area contributed by atoms with Crippen LogP contribution in [0.2, 0.25) is 0 Å². The normalized spacial score (nSPS) is 11.0. The molecular weight excluding hydrogens is 350 g/mol. The molecule has 2 aromatic carbocycles. The third kappa shape index (κ3) is 3.45. The van der Waals surface area contributed by atoms with E-state index in [1.54, 1.807) is 4.68 Å². The van der Waals surface area contributed by atoms with Gasteiger partial charge in [-0.05, 0) is 43.5 Å². The minimum absolute atomic E-state index is 0.0259. The van der Waals surface area contributed by atoms with Crippen LogP contribution in [0.5, 0.6) is 0 Å². The number of rotatable bonds is 7. The second-order valence-electron chi connectivity index (χ2n) is 5.83. The van der Waals surface area contributed by atoms with E-state index in [9.17, 15) is 4.79 Å². The van der Waals surface area contributed by atoms with Crippen LogP contribution in [-0.4, -0.2) is 41.6 Å². The zero-order valence-electron chi connectivity index (χ0n) is 14.1. The number of nitrogens with zero attached hydrogens (tertiary/aromatic N) is 6. The molecule has 4 rings (SSSR count). The average Bonchev–Trinajstić information content (AvgIpc) is 3.33. The van der Waals surface area contributed by atoms with Crippen molar-refractivity contribution in [3.63, 3.8) is 0 Å². The van der Waals surface area contributed by atoms with E-state index in [4.69, 9.17) is 5.11 Å². The van der Waals surface area contributed by atoms with Gasteiger partial charge >= 0.3 is 5.97 Å². The second kappa shape index (κ2) is 7.20. The van der Waals surface area contributed by atoms with Crippen molar-refractivity contribution < 1.29 is 14.5 Å². The molecule has 0 aliphatic carbocycles. The van der Waals surface area contributed by atoms with E-state index in [-0.39, 0.29) is 18.2 Å². The summed E-state index contributed by atoms with van der Waals surface area (Å²) in [5.41, 5.74) is 0.921. The molecule has 2 heterocycles. The third-order valence-electron chi connectivity index (χ3n) is 4.19. The summed E-state index contributed by atoms with van der Waals surface area (Å²) in [6, 6.07) is 14.4. The van der Waals surface area contributed by atoms with Crippen LogP contribution in [0.15, 0.2) is 47.1 Å². The van der Waals surface area contributed by atoms with Crippen LogP contribution in [0, 0.1) is 0 Å². The number of carbonyl (C=O) groups is 1. The van der Waals surface area contributed by atoms with Gasteiger partial charge in [-0.2, -0.15) is 0 Å². The SMILES string of the molecule is O=C(O)c1nonc1NCn1nnnc1CCc1cccc2ccccc12. The Morgan fingerprint density at radius 2 is 1.96 bits per heavy atom. The molecule has 0 bridgehead atoms. The molecule has 0 fully saturated rings. The smallest absolute Gasteiger partial charge is 0.362 e. The number of anilines is 1. The summed E-state index contributed by atoms with van der Waals surface area (Å²) in [5.74, 6) is -0.534. The maximum Gasteiger partial charge on any atom is 0.362 e. The number of aromatic carboxylic acids is 1. The molecule has 2 aromatic heterocycles. The van der Waals surface area contributed by atoms with Crippen LogP contribution in [0.25, 0.3) is 10.8 Å². The molecule has 0 saturated carbocycles. The molecule has 136 valence electrons. The summed E-state index contributed by atoms with van der Waals surface area (Å²) >= 11 is 0. The summed E-state index contributed by atoms with van der Waals surface area (Å²) < 4.78 is 6.00. The van der Waals surface area contributed by atoms with Gasteiger partial charge in [0, 0.05) is 6.42 Å². The van der Waals surface area contributed by atoms with Crippen LogP contribution in [0.3, 0.4) is 0 Å². The number of hydrogen-bond donors (Lipinski definition) is 2. The Hall–Kier alpha value is -3.82. The number of aryl methyl sites for hydroxylation is 2. The summed E-state index contributed by atoms with van der Waals surface area (Å²) in [4.78, 5) is 11.0. The van der Waals surface area contributed by atoms with E-state index in [0.29, 0.717) is 12.2 Å². The van der Waals surface area contributed by atoms with Crippen molar-refractivity contribution >= 4 is 22.6 Å². The van der Waals surface area contributed by atoms with Crippen molar-refractivity contribution in [2.45, 2.75) is 19.5 Å². The van der Waals surface area contributed by atoms with E-state index >= 15 is 0 Å². The number of benzene rings is 2. The molecule has 0 radical (unpaired) electrons. The van der Waals surface area contributed by atoms with Crippen molar-refractivity contribution in [1.82, 2.24) is 30.5 Å².